The first-order valence-corrected chi connectivity index (χ1v) is 9.82. The molecule has 146 valence electrons. The zero-order chi connectivity index (χ0) is 20.6. The zero-order valence-corrected chi connectivity index (χ0v) is 15.9. The Morgan fingerprint density at radius 3 is 2.89 bits per heavy atom. The van der Waals surface area contributed by atoms with Crippen molar-refractivity contribution < 1.29 is 18.5 Å². The number of fused-ring (bicyclic) bond motifs is 1. The van der Waals surface area contributed by atoms with E-state index in [2.05, 4.69) is 10.0 Å². The number of aryl methyl sites for hydroxylation is 1. The Hall–Kier alpha value is -3.00. The number of rotatable bonds is 3. The molecule has 10 heteroatoms. The lowest BCUT2D eigenvalue weighted by molar-refractivity contribution is 0.101. The number of aliphatic hydroxyl groups excluding tert-OH is 1. The van der Waals surface area contributed by atoms with Gasteiger partial charge in [0.1, 0.15) is 27.5 Å². The van der Waals surface area contributed by atoms with E-state index in [0.29, 0.717) is 5.56 Å². The Bertz CT molecular complexity index is 1130. The molecular formula is C18H18FN5O3S. The summed E-state index contributed by atoms with van der Waals surface area (Å²) in [6.07, 6.45) is 3.63. The third-order valence-electron chi connectivity index (χ3n) is 4.35. The predicted molar refractivity (Wildman–Crippen MR) is 101 cm³/mol. The highest BCUT2D eigenvalue weighted by molar-refractivity contribution is 7.90. The van der Waals surface area contributed by atoms with Crippen LogP contribution in [0, 0.1) is 21.9 Å². The van der Waals surface area contributed by atoms with E-state index in [-0.39, 0.29) is 21.8 Å². The molecule has 0 aliphatic carbocycles. The Morgan fingerprint density at radius 1 is 1.54 bits per heavy atom. The molecule has 0 fully saturated rings. The summed E-state index contributed by atoms with van der Waals surface area (Å²) in [5, 5.41) is 21.3. The highest BCUT2D eigenvalue weighted by Gasteiger charge is 2.29. The number of nitriles is 1. The molecule has 3 rings (SSSR count). The second kappa shape index (κ2) is 7.20. The Balaban J connectivity index is 2.03. The number of nitrogens with zero attached hydrogens (tertiary/aromatic N) is 2. The maximum absolute atomic E-state index is 13.5. The zero-order valence-electron chi connectivity index (χ0n) is 15.1. The van der Waals surface area contributed by atoms with Crippen LogP contribution in [0.2, 0.25) is 0 Å². The predicted octanol–water partition coefficient (Wildman–Crippen LogP) is 1.97. The Kier molecular flexibility index (Phi) is 5.08. The van der Waals surface area contributed by atoms with Gasteiger partial charge in [0.2, 0.25) is 0 Å². The number of hydrogen-bond acceptors (Lipinski definition) is 5. The number of anilines is 1. The molecule has 1 aliphatic rings. The van der Waals surface area contributed by atoms with E-state index in [9.17, 15) is 18.5 Å². The molecule has 0 saturated carbocycles. The van der Waals surface area contributed by atoms with Gasteiger partial charge in [-0.3, -0.25) is 4.79 Å². The summed E-state index contributed by atoms with van der Waals surface area (Å²) in [6, 6.07) is 4.60. The first-order valence-electron chi connectivity index (χ1n) is 8.26. The summed E-state index contributed by atoms with van der Waals surface area (Å²) in [7, 11) is -1.89. The van der Waals surface area contributed by atoms with E-state index in [1.807, 2.05) is 0 Å². The Morgan fingerprint density at radius 2 is 2.25 bits per heavy atom. The minimum absolute atomic E-state index is 0.122. The van der Waals surface area contributed by atoms with Crippen LogP contribution in [-0.4, -0.2) is 31.9 Å². The quantitative estimate of drug-likeness (QED) is 0.624. The van der Waals surface area contributed by atoms with E-state index >= 15 is 0 Å². The molecule has 0 saturated heterocycles. The average Bonchev–Trinajstić information content (AvgIpc) is 2.90. The van der Waals surface area contributed by atoms with Crippen LogP contribution in [0.1, 0.15) is 28.5 Å². The van der Waals surface area contributed by atoms with Crippen LogP contribution in [-0.2, 0) is 17.0 Å². The molecular weight excluding hydrogens is 385 g/mol. The molecule has 8 nitrogen and oxygen atoms in total. The molecule has 0 bridgehead atoms. The van der Waals surface area contributed by atoms with Crippen molar-refractivity contribution in [2.75, 3.05) is 5.32 Å². The first-order chi connectivity index (χ1) is 13.1. The molecule has 0 spiro atoms. The van der Waals surface area contributed by atoms with Crippen LogP contribution in [0.5, 0.6) is 0 Å². The average molecular weight is 403 g/mol. The molecule has 1 aromatic heterocycles. The van der Waals surface area contributed by atoms with E-state index in [0.717, 1.165) is 6.07 Å². The van der Waals surface area contributed by atoms with E-state index in [1.54, 1.807) is 25.3 Å². The third-order valence-corrected chi connectivity index (χ3v) is 5.89. The second-order valence-corrected chi connectivity index (χ2v) is 8.21. The number of benzene rings is 1. The highest BCUT2D eigenvalue weighted by Crippen LogP contribution is 2.28. The van der Waals surface area contributed by atoms with Crippen molar-refractivity contribution in [3.05, 3.63) is 53.1 Å². The molecule has 1 aromatic carbocycles. The van der Waals surface area contributed by atoms with Gasteiger partial charge in [0, 0.05) is 24.5 Å². The molecule has 3 atom stereocenters. The lowest BCUT2D eigenvalue weighted by Gasteiger charge is -2.17. The van der Waals surface area contributed by atoms with Gasteiger partial charge in [-0.25, -0.2) is 18.1 Å². The minimum atomic E-state index is -3.46. The van der Waals surface area contributed by atoms with Crippen molar-refractivity contribution in [2.24, 2.45) is 7.05 Å². The molecule has 2 heterocycles. The smallest absolute Gasteiger partial charge is 0.272 e. The summed E-state index contributed by atoms with van der Waals surface area (Å²) in [6.45, 7) is 1.50. The minimum Gasteiger partial charge on any atom is -0.391 e. The summed E-state index contributed by atoms with van der Waals surface area (Å²) in [4.78, 5) is 12.9. The number of hydrogen-bond donors (Lipinski definition) is 4. The molecule has 2 aromatic rings. The van der Waals surface area contributed by atoms with Gasteiger partial charge in [-0.05, 0) is 25.1 Å². The second-order valence-electron chi connectivity index (χ2n) is 6.43. The van der Waals surface area contributed by atoms with Gasteiger partial charge >= 0.3 is 0 Å². The number of nitrogens with one attached hydrogen (secondary N) is 3. The first kappa shape index (κ1) is 19.8. The Labute approximate surface area is 161 Å². The largest absolute Gasteiger partial charge is 0.391 e. The lowest BCUT2D eigenvalue weighted by atomic mass is 10.1. The molecule has 1 unspecified atom stereocenters. The maximum Gasteiger partial charge on any atom is 0.272 e. The van der Waals surface area contributed by atoms with Gasteiger partial charge in [-0.15, -0.1) is 0 Å². The van der Waals surface area contributed by atoms with Crippen LogP contribution in [0.15, 0.2) is 35.4 Å². The highest BCUT2D eigenvalue weighted by atomic mass is 32.2. The van der Waals surface area contributed by atoms with Gasteiger partial charge < -0.3 is 15.0 Å². The van der Waals surface area contributed by atoms with Crippen molar-refractivity contribution >= 4 is 27.6 Å². The maximum atomic E-state index is 13.5. The van der Waals surface area contributed by atoms with Crippen molar-refractivity contribution in [3.8, 4) is 6.07 Å². The summed E-state index contributed by atoms with van der Waals surface area (Å²) in [5.74, 6) is -1.27. The molecule has 1 amide bonds. The fourth-order valence-electron chi connectivity index (χ4n) is 2.92. The van der Waals surface area contributed by atoms with Gasteiger partial charge in [0.15, 0.2) is 0 Å². The topological polar surface area (TPSA) is 131 Å². The van der Waals surface area contributed by atoms with Crippen molar-refractivity contribution in [1.29, 1.82) is 10.0 Å². The SMILES string of the molecule is C[C@H](O)[C@H]1C=Cc2c(cn(C)c2C(=O)Nc2ccc(F)c(C#N)c2)S(=N)(=O)N1. The number of amides is 1. The van der Waals surface area contributed by atoms with Crippen LogP contribution in [0.25, 0.3) is 6.08 Å². The number of carbonyl (C=O) groups excluding carboxylic acids is 1. The summed E-state index contributed by atoms with van der Waals surface area (Å²) < 4.78 is 38.5. The van der Waals surface area contributed by atoms with Gasteiger partial charge in [-0.2, -0.15) is 5.26 Å². The van der Waals surface area contributed by atoms with E-state index in [4.69, 9.17) is 10.0 Å². The van der Waals surface area contributed by atoms with Crippen LogP contribution < -0.4 is 10.0 Å². The fraction of sp³-hybridized carbons (Fsp3) is 0.222. The van der Waals surface area contributed by atoms with Crippen molar-refractivity contribution in [3.63, 3.8) is 0 Å². The van der Waals surface area contributed by atoms with Crippen molar-refractivity contribution in [2.45, 2.75) is 24.0 Å². The molecule has 4 N–H and O–H groups in total. The summed E-state index contributed by atoms with van der Waals surface area (Å²) in [5.41, 5.74) is 0.448. The number of carbonyl (C=O) groups is 1. The summed E-state index contributed by atoms with van der Waals surface area (Å²) >= 11 is 0. The van der Waals surface area contributed by atoms with Crippen molar-refractivity contribution in [1.82, 2.24) is 9.29 Å². The monoisotopic (exact) mass is 403 g/mol. The molecule has 28 heavy (non-hydrogen) atoms. The normalized spacial score (nSPS) is 22.0. The van der Waals surface area contributed by atoms with Gasteiger partial charge in [-0.1, -0.05) is 12.2 Å². The standard InChI is InChI=1S/C18H18FN5O3S/c1-10(25)15-6-4-13-16(28(21,27)23-15)9-24(2)17(13)18(26)22-12-3-5-14(19)11(7-12)8-20/h3-7,9-10,15,25H,1-2H3,(H,22,26)(H2,21,23,27)/t10-,15+,28?/m0/s1. The van der Waals surface area contributed by atoms with Crippen LogP contribution in [0.4, 0.5) is 10.1 Å². The van der Waals surface area contributed by atoms with Gasteiger partial charge in [0.25, 0.3) is 5.91 Å². The number of aromatic nitrogens is 1. The van der Waals surface area contributed by atoms with E-state index in [1.165, 1.54) is 29.8 Å². The van der Waals surface area contributed by atoms with Crippen LogP contribution >= 0.6 is 0 Å². The van der Waals surface area contributed by atoms with E-state index < -0.39 is 33.8 Å². The fourth-order valence-corrected chi connectivity index (χ4v) is 4.49. The third kappa shape index (κ3) is 3.55. The lowest BCUT2D eigenvalue weighted by Crippen LogP contribution is -2.39. The van der Waals surface area contributed by atoms with Crippen LogP contribution in [0.3, 0.4) is 0 Å². The number of aliphatic hydroxyl groups is 1. The molecule has 1 aliphatic heterocycles. The number of halogens is 1. The van der Waals surface area contributed by atoms with Gasteiger partial charge in [0.05, 0.1) is 22.6 Å². The molecule has 0 radical (unpaired) electrons.